The van der Waals surface area contributed by atoms with Gasteiger partial charge in [-0.15, -0.1) is 0 Å². The number of nitriles is 1. The summed E-state index contributed by atoms with van der Waals surface area (Å²) in [4.78, 5) is 0. The second-order valence-corrected chi connectivity index (χ2v) is 12.1. The Balaban J connectivity index is 1.46. The maximum Gasteiger partial charge on any atom is 0.0999 e. The van der Waals surface area contributed by atoms with Crippen LogP contribution < -0.4 is 0 Å². The number of hydrogen-bond donors (Lipinski definition) is 0. The van der Waals surface area contributed by atoms with E-state index in [2.05, 4.69) is 165 Å². The van der Waals surface area contributed by atoms with Crippen molar-refractivity contribution >= 4 is 65.4 Å². The van der Waals surface area contributed by atoms with E-state index in [1.165, 1.54) is 21.5 Å². The maximum absolute atomic E-state index is 10.6. The number of hydrogen-bond acceptors (Lipinski definition) is 1. The predicted octanol–water partition coefficient (Wildman–Crippen LogP) is 10.8. The summed E-state index contributed by atoms with van der Waals surface area (Å²) in [6, 6.07) is 58.1. The molecule has 4 heteroatoms. The van der Waals surface area contributed by atoms with E-state index >= 15 is 0 Å². The molecule has 10 rings (SSSR count). The molecule has 0 bridgehead atoms. The van der Waals surface area contributed by atoms with Gasteiger partial charge in [0.15, 0.2) is 0 Å². The molecule has 0 atom stereocenters. The van der Waals surface area contributed by atoms with Gasteiger partial charge >= 0.3 is 0 Å². The second kappa shape index (κ2) is 9.71. The standard InChI is InChI=1S/C43H26N4/c44-27-28-13-11-23-37-40(28)41-38(26-25-34-32-19-8-10-22-36(32)46(43(34)41)30-16-5-2-6-17-30)47(37)39-24-12-20-33-31-18-7-9-21-35(31)45(42(33)39)29-14-3-1-4-15-29/h1-26H. The Morgan fingerprint density at radius 2 is 0.872 bits per heavy atom. The number of benzene rings is 7. The van der Waals surface area contributed by atoms with Crippen LogP contribution in [0.4, 0.5) is 0 Å². The number of aromatic nitrogens is 3. The third-order valence-electron chi connectivity index (χ3n) is 9.65. The number of para-hydroxylation sites is 5. The molecule has 0 saturated carbocycles. The summed E-state index contributed by atoms with van der Waals surface area (Å²) >= 11 is 0. The van der Waals surface area contributed by atoms with Gasteiger partial charge in [0.1, 0.15) is 0 Å². The van der Waals surface area contributed by atoms with Gasteiger partial charge in [-0.3, -0.25) is 0 Å². The van der Waals surface area contributed by atoms with Crippen molar-refractivity contribution in [3.63, 3.8) is 0 Å². The lowest BCUT2D eigenvalue weighted by Crippen LogP contribution is -2.00. The zero-order chi connectivity index (χ0) is 31.1. The summed E-state index contributed by atoms with van der Waals surface area (Å²) in [6.45, 7) is 0. The molecule has 0 N–H and O–H groups in total. The molecule has 0 spiro atoms. The molecule has 0 aliphatic carbocycles. The molecule has 7 aromatic carbocycles. The van der Waals surface area contributed by atoms with E-state index in [1.807, 2.05) is 12.1 Å². The predicted molar refractivity (Wildman–Crippen MR) is 194 cm³/mol. The molecular formula is C43H26N4. The third-order valence-corrected chi connectivity index (χ3v) is 9.65. The molecule has 0 amide bonds. The fraction of sp³-hybridized carbons (Fsp3) is 0. The van der Waals surface area contributed by atoms with Crippen molar-refractivity contribution in [2.75, 3.05) is 0 Å². The SMILES string of the molecule is N#Cc1cccc2c1c1c(ccc3c4ccccc4n(-c4ccccc4)c31)n2-c1cccc2c3ccccc3n(-c3ccccc3)c12. The fourth-order valence-electron chi connectivity index (χ4n) is 7.82. The Labute approximate surface area is 270 Å². The number of rotatable bonds is 3. The summed E-state index contributed by atoms with van der Waals surface area (Å²) in [5.74, 6) is 0. The Hall–Kier alpha value is -6.57. The molecule has 0 unspecified atom stereocenters. The van der Waals surface area contributed by atoms with Crippen LogP contribution in [-0.2, 0) is 0 Å². The second-order valence-electron chi connectivity index (χ2n) is 12.1. The summed E-state index contributed by atoms with van der Waals surface area (Å²) < 4.78 is 7.12. The van der Waals surface area contributed by atoms with Crippen LogP contribution >= 0.6 is 0 Å². The first-order valence-corrected chi connectivity index (χ1v) is 15.9. The van der Waals surface area contributed by atoms with E-state index in [4.69, 9.17) is 0 Å². The monoisotopic (exact) mass is 598 g/mol. The van der Waals surface area contributed by atoms with Crippen molar-refractivity contribution in [2.45, 2.75) is 0 Å². The van der Waals surface area contributed by atoms with Crippen molar-refractivity contribution in [1.29, 1.82) is 5.26 Å². The van der Waals surface area contributed by atoms with Crippen molar-refractivity contribution in [3.8, 4) is 23.1 Å². The Morgan fingerprint density at radius 1 is 0.362 bits per heavy atom. The first kappa shape index (κ1) is 25.7. The number of nitrogens with zero attached hydrogens (tertiary/aromatic N) is 4. The minimum absolute atomic E-state index is 0.666. The number of fused-ring (bicyclic) bond motifs is 10. The Kier molecular flexibility index (Phi) is 5.32. The van der Waals surface area contributed by atoms with E-state index in [9.17, 15) is 5.26 Å². The van der Waals surface area contributed by atoms with Gasteiger partial charge in [0, 0.05) is 43.7 Å². The Bertz CT molecular complexity index is 2900. The first-order valence-electron chi connectivity index (χ1n) is 15.9. The van der Waals surface area contributed by atoms with Gasteiger partial charge in [0.2, 0.25) is 0 Å². The average molecular weight is 599 g/mol. The lowest BCUT2D eigenvalue weighted by Gasteiger charge is -2.14. The molecule has 0 fully saturated rings. The molecule has 0 aliphatic rings. The highest BCUT2D eigenvalue weighted by atomic mass is 15.1. The maximum atomic E-state index is 10.6. The van der Waals surface area contributed by atoms with E-state index in [-0.39, 0.29) is 0 Å². The fourth-order valence-corrected chi connectivity index (χ4v) is 7.82. The van der Waals surface area contributed by atoms with Crippen molar-refractivity contribution in [1.82, 2.24) is 13.7 Å². The highest BCUT2D eigenvalue weighted by molar-refractivity contribution is 6.27. The summed E-state index contributed by atoms with van der Waals surface area (Å²) in [5.41, 5.74) is 10.5. The van der Waals surface area contributed by atoms with Gasteiger partial charge in [-0.05, 0) is 60.7 Å². The average Bonchev–Trinajstić information content (AvgIpc) is 3.78. The molecule has 0 aliphatic heterocycles. The van der Waals surface area contributed by atoms with Gasteiger partial charge < -0.3 is 13.7 Å². The van der Waals surface area contributed by atoms with E-state index in [1.54, 1.807) is 0 Å². The zero-order valence-electron chi connectivity index (χ0n) is 25.3. The molecule has 4 nitrogen and oxygen atoms in total. The first-order chi connectivity index (χ1) is 23.3. The smallest absolute Gasteiger partial charge is 0.0999 e. The lowest BCUT2D eigenvalue weighted by atomic mass is 10.0. The van der Waals surface area contributed by atoms with Crippen LogP contribution in [0.5, 0.6) is 0 Å². The van der Waals surface area contributed by atoms with Crippen LogP contribution in [0.15, 0.2) is 158 Å². The normalized spacial score (nSPS) is 11.8. The highest BCUT2D eigenvalue weighted by Gasteiger charge is 2.24. The summed E-state index contributed by atoms with van der Waals surface area (Å²) in [6.07, 6.45) is 0. The van der Waals surface area contributed by atoms with Gasteiger partial charge in [-0.1, -0.05) is 97.1 Å². The zero-order valence-corrected chi connectivity index (χ0v) is 25.3. The molecule has 3 heterocycles. The van der Waals surface area contributed by atoms with E-state index < -0.39 is 0 Å². The van der Waals surface area contributed by atoms with E-state index in [0.29, 0.717) is 5.56 Å². The topological polar surface area (TPSA) is 38.6 Å². The molecule has 47 heavy (non-hydrogen) atoms. The largest absolute Gasteiger partial charge is 0.309 e. The summed E-state index contributed by atoms with van der Waals surface area (Å²) in [7, 11) is 0. The van der Waals surface area contributed by atoms with Crippen LogP contribution in [0.3, 0.4) is 0 Å². The summed E-state index contributed by atoms with van der Waals surface area (Å²) in [5, 5.41) is 17.4. The Morgan fingerprint density at radius 3 is 1.53 bits per heavy atom. The lowest BCUT2D eigenvalue weighted by molar-refractivity contribution is 1.13. The van der Waals surface area contributed by atoms with Crippen molar-refractivity contribution in [3.05, 3.63) is 163 Å². The van der Waals surface area contributed by atoms with Gasteiger partial charge in [-0.25, -0.2) is 0 Å². The highest BCUT2D eigenvalue weighted by Crippen LogP contribution is 2.44. The quantitative estimate of drug-likeness (QED) is 0.199. The molecular weight excluding hydrogens is 573 g/mol. The van der Waals surface area contributed by atoms with Gasteiger partial charge in [-0.2, -0.15) is 5.26 Å². The van der Waals surface area contributed by atoms with Gasteiger partial charge in [0.25, 0.3) is 0 Å². The molecule has 0 radical (unpaired) electrons. The van der Waals surface area contributed by atoms with Crippen LogP contribution in [0, 0.1) is 11.3 Å². The molecule has 218 valence electrons. The molecule has 3 aromatic heterocycles. The molecule has 0 saturated heterocycles. The van der Waals surface area contributed by atoms with Gasteiger partial charge in [0.05, 0.1) is 50.4 Å². The minimum atomic E-state index is 0.666. The van der Waals surface area contributed by atoms with Crippen molar-refractivity contribution < 1.29 is 0 Å². The van der Waals surface area contributed by atoms with Crippen LogP contribution in [0.2, 0.25) is 0 Å². The third kappa shape index (κ3) is 3.46. The van der Waals surface area contributed by atoms with Crippen LogP contribution in [-0.4, -0.2) is 13.7 Å². The van der Waals surface area contributed by atoms with Crippen LogP contribution in [0.25, 0.3) is 82.5 Å². The van der Waals surface area contributed by atoms with Crippen molar-refractivity contribution in [2.24, 2.45) is 0 Å². The molecule has 10 aromatic rings. The van der Waals surface area contributed by atoms with Crippen LogP contribution in [0.1, 0.15) is 5.56 Å². The van der Waals surface area contributed by atoms with E-state index in [0.717, 1.165) is 60.9 Å². The minimum Gasteiger partial charge on any atom is -0.309 e.